The Balaban J connectivity index is 2.04. The molecular formula is C13H17FN2O. The number of benzene rings is 1. The monoisotopic (exact) mass is 236 g/mol. The fraction of sp³-hybridized carbons (Fsp3) is 0.462. The van der Waals surface area contributed by atoms with E-state index in [2.05, 4.69) is 0 Å². The summed E-state index contributed by atoms with van der Waals surface area (Å²) in [5.41, 5.74) is 6.67. The minimum atomic E-state index is -0.263. The molecule has 17 heavy (non-hydrogen) atoms. The smallest absolute Gasteiger partial charge is 0.222 e. The average molecular weight is 236 g/mol. The van der Waals surface area contributed by atoms with Crippen LogP contribution in [0, 0.1) is 5.82 Å². The van der Waals surface area contributed by atoms with Gasteiger partial charge >= 0.3 is 0 Å². The first-order valence-electron chi connectivity index (χ1n) is 5.93. The normalized spacial score (nSPS) is 21.4. The summed E-state index contributed by atoms with van der Waals surface area (Å²) in [7, 11) is 0. The number of carbonyl (C=O) groups is 1. The first-order valence-corrected chi connectivity index (χ1v) is 5.93. The number of carbonyl (C=O) groups excluding carboxylic acids is 1. The van der Waals surface area contributed by atoms with Gasteiger partial charge in [-0.15, -0.1) is 0 Å². The summed E-state index contributed by atoms with van der Waals surface area (Å²) in [4.78, 5) is 13.6. The van der Waals surface area contributed by atoms with Crippen molar-refractivity contribution < 1.29 is 9.18 Å². The molecule has 1 aromatic rings. The zero-order valence-corrected chi connectivity index (χ0v) is 9.73. The molecule has 0 aliphatic carbocycles. The zero-order chi connectivity index (χ0) is 12.3. The second-order valence-electron chi connectivity index (χ2n) is 4.53. The first-order chi connectivity index (χ1) is 8.15. The molecule has 0 radical (unpaired) electrons. The quantitative estimate of drug-likeness (QED) is 0.849. The van der Waals surface area contributed by atoms with E-state index in [0.717, 1.165) is 18.4 Å². The molecule has 0 bridgehead atoms. The lowest BCUT2D eigenvalue weighted by Gasteiger charge is -2.20. The number of rotatable bonds is 2. The predicted molar refractivity (Wildman–Crippen MR) is 63.6 cm³/mol. The first kappa shape index (κ1) is 12.0. The fourth-order valence-corrected chi connectivity index (χ4v) is 2.08. The molecule has 0 aromatic heterocycles. The molecule has 1 saturated heterocycles. The molecule has 1 aliphatic heterocycles. The highest BCUT2D eigenvalue weighted by atomic mass is 19.1. The van der Waals surface area contributed by atoms with Crippen LogP contribution in [0.25, 0.3) is 0 Å². The third-order valence-electron chi connectivity index (χ3n) is 3.11. The van der Waals surface area contributed by atoms with Gasteiger partial charge < -0.3 is 10.6 Å². The number of hydrogen-bond donors (Lipinski definition) is 1. The number of halogens is 1. The van der Waals surface area contributed by atoms with Crippen LogP contribution in [-0.2, 0) is 11.3 Å². The summed E-state index contributed by atoms with van der Waals surface area (Å²) in [5, 5.41) is 0. The van der Waals surface area contributed by atoms with Crippen LogP contribution in [0.3, 0.4) is 0 Å². The number of nitrogens with zero attached hydrogens (tertiary/aromatic N) is 1. The van der Waals surface area contributed by atoms with Crippen LogP contribution < -0.4 is 5.73 Å². The Morgan fingerprint density at radius 1 is 1.41 bits per heavy atom. The molecule has 1 unspecified atom stereocenters. The van der Waals surface area contributed by atoms with Gasteiger partial charge in [0.15, 0.2) is 0 Å². The molecule has 2 N–H and O–H groups in total. The highest BCUT2D eigenvalue weighted by molar-refractivity contribution is 5.76. The summed E-state index contributed by atoms with van der Waals surface area (Å²) in [6, 6.07) is 6.48. The van der Waals surface area contributed by atoms with Crippen molar-refractivity contribution in [3.8, 4) is 0 Å². The molecule has 3 nitrogen and oxygen atoms in total. The molecule has 0 saturated carbocycles. The Hall–Kier alpha value is -1.42. The maximum Gasteiger partial charge on any atom is 0.222 e. The van der Waals surface area contributed by atoms with E-state index in [1.165, 1.54) is 12.1 Å². The van der Waals surface area contributed by atoms with Crippen molar-refractivity contribution in [1.29, 1.82) is 0 Å². The summed E-state index contributed by atoms with van der Waals surface area (Å²) >= 11 is 0. The SMILES string of the molecule is NC1CCC(=O)N(Cc2cccc(F)c2)CC1. The standard InChI is InChI=1S/C13H17FN2O/c14-11-3-1-2-10(8-11)9-16-7-6-12(15)4-5-13(16)17/h1-3,8,12H,4-7,9,15H2. The van der Waals surface area contributed by atoms with E-state index < -0.39 is 0 Å². The topological polar surface area (TPSA) is 46.3 Å². The van der Waals surface area contributed by atoms with Gasteiger partial charge in [-0.25, -0.2) is 4.39 Å². The fourth-order valence-electron chi connectivity index (χ4n) is 2.08. The van der Waals surface area contributed by atoms with E-state index in [1.807, 2.05) is 6.07 Å². The van der Waals surface area contributed by atoms with Crippen LogP contribution in [0.15, 0.2) is 24.3 Å². The average Bonchev–Trinajstić information content (AvgIpc) is 2.45. The molecule has 2 rings (SSSR count). The van der Waals surface area contributed by atoms with Gasteiger partial charge in [-0.1, -0.05) is 12.1 Å². The summed E-state index contributed by atoms with van der Waals surface area (Å²) in [6.45, 7) is 1.14. The number of likely N-dealkylation sites (tertiary alicyclic amines) is 1. The van der Waals surface area contributed by atoms with Crippen LogP contribution >= 0.6 is 0 Å². The van der Waals surface area contributed by atoms with E-state index >= 15 is 0 Å². The molecule has 1 atom stereocenters. The van der Waals surface area contributed by atoms with Crippen molar-refractivity contribution in [3.63, 3.8) is 0 Å². The summed E-state index contributed by atoms with van der Waals surface area (Å²) < 4.78 is 13.0. The molecule has 1 fully saturated rings. The van der Waals surface area contributed by atoms with Crippen LogP contribution in [-0.4, -0.2) is 23.4 Å². The minimum absolute atomic E-state index is 0.108. The van der Waals surface area contributed by atoms with Gasteiger partial charge in [0.2, 0.25) is 5.91 Å². The van der Waals surface area contributed by atoms with Gasteiger partial charge in [-0.2, -0.15) is 0 Å². The predicted octanol–water partition coefficient (Wildman–Crippen LogP) is 1.67. The van der Waals surface area contributed by atoms with Crippen molar-refractivity contribution in [1.82, 2.24) is 4.90 Å². The Morgan fingerprint density at radius 3 is 3.00 bits per heavy atom. The van der Waals surface area contributed by atoms with E-state index in [1.54, 1.807) is 11.0 Å². The number of hydrogen-bond acceptors (Lipinski definition) is 2. The lowest BCUT2D eigenvalue weighted by atomic mass is 10.1. The zero-order valence-electron chi connectivity index (χ0n) is 9.73. The molecular weight excluding hydrogens is 219 g/mol. The minimum Gasteiger partial charge on any atom is -0.338 e. The van der Waals surface area contributed by atoms with Crippen LogP contribution in [0.2, 0.25) is 0 Å². The molecule has 92 valence electrons. The van der Waals surface area contributed by atoms with E-state index in [9.17, 15) is 9.18 Å². The Morgan fingerprint density at radius 2 is 2.24 bits per heavy atom. The highest BCUT2D eigenvalue weighted by Gasteiger charge is 2.20. The lowest BCUT2D eigenvalue weighted by Crippen LogP contribution is -2.30. The maximum absolute atomic E-state index is 13.0. The van der Waals surface area contributed by atoms with Crippen LogP contribution in [0.1, 0.15) is 24.8 Å². The molecule has 0 spiro atoms. The molecule has 1 aliphatic rings. The second kappa shape index (κ2) is 5.27. The van der Waals surface area contributed by atoms with Crippen molar-refractivity contribution in [2.75, 3.05) is 6.54 Å². The van der Waals surface area contributed by atoms with E-state index in [4.69, 9.17) is 5.73 Å². The molecule has 4 heteroatoms. The van der Waals surface area contributed by atoms with Gasteiger partial charge in [0.25, 0.3) is 0 Å². The Labute approximate surface area is 100 Å². The highest BCUT2D eigenvalue weighted by Crippen LogP contribution is 2.14. The van der Waals surface area contributed by atoms with Crippen molar-refractivity contribution >= 4 is 5.91 Å². The third-order valence-corrected chi connectivity index (χ3v) is 3.11. The van der Waals surface area contributed by atoms with Crippen LogP contribution in [0.4, 0.5) is 4.39 Å². The maximum atomic E-state index is 13.0. The van der Waals surface area contributed by atoms with E-state index in [0.29, 0.717) is 19.5 Å². The van der Waals surface area contributed by atoms with Crippen molar-refractivity contribution in [2.45, 2.75) is 31.8 Å². The lowest BCUT2D eigenvalue weighted by molar-refractivity contribution is -0.131. The van der Waals surface area contributed by atoms with Crippen molar-refractivity contribution in [3.05, 3.63) is 35.6 Å². The molecule has 1 heterocycles. The van der Waals surface area contributed by atoms with Gasteiger partial charge in [0, 0.05) is 25.6 Å². The number of amides is 1. The Bertz CT molecular complexity index is 408. The molecule has 1 amide bonds. The van der Waals surface area contributed by atoms with Gasteiger partial charge in [0.05, 0.1) is 0 Å². The van der Waals surface area contributed by atoms with Crippen molar-refractivity contribution in [2.24, 2.45) is 5.73 Å². The van der Waals surface area contributed by atoms with Gasteiger partial charge in [0.1, 0.15) is 5.82 Å². The second-order valence-corrected chi connectivity index (χ2v) is 4.53. The van der Waals surface area contributed by atoms with Crippen LogP contribution in [0.5, 0.6) is 0 Å². The van der Waals surface area contributed by atoms with E-state index in [-0.39, 0.29) is 17.8 Å². The van der Waals surface area contributed by atoms with Gasteiger partial charge in [-0.05, 0) is 30.5 Å². The molecule has 1 aromatic carbocycles. The number of nitrogens with two attached hydrogens (primary N) is 1. The largest absolute Gasteiger partial charge is 0.338 e. The summed E-state index contributed by atoms with van der Waals surface area (Å²) in [6.07, 6.45) is 2.07. The third kappa shape index (κ3) is 3.27. The van der Waals surface area contributed by atoms with Gasteiger partial charge in [-0.3, -0.25) is 4.79 Å². The Kier molecular flexibility index (Phi) is 3.74. The summed E-state index contributed by atoms with van der Waals surface area (Å²) in [5.74, 6) is -0.149.